The molecular weight excluding hydrogens is 370 g/mol. The lowest BCUT2D eigenvalue weighted by molar-refractivity contribution is -0.135. The molecule has 0 saturated carbocycles. The molecule has 0 unspecified atom stereocenters. The molecule has 0 bridgehead atoms. The van der Waals surface area contributed by atoms with Crippen molar-refractivity contribution in [3.05, 3.63) is 29.6 Å². The van der Waals surface area contributed by atoms with E-state index in [1.54, 1.807) is 18.1 Å². The summed E-state index contributed by atoms with van der Waals surface area (Å²) in [5, 5.41) is 9.16. The molecule has 29 heavy (non-hydrogen) atoms. The molecule has 2 aromatic rings. The van der Waals surface area contributed by atoms with Crippen molar-refractivity contribution in [2.24, 2.45) is 0 Å². The fourth-order valence-electron chi connectivity index (χ4n) is 4.04. The van der Waals surface area contributed by atoms with Crippen LogP contribution in [0.25, 0.3) is 11.5 Å². The number of carbonyl (C=O) groups is 1. The number of rotatable bonds is 8. The third-order valence-electron chi connectivity index (χ3n) is 5.48. The molecule has 0 spiro atoms. The second kappa shape index (κ2) is 8.73. The molecule has 8 heteroatoms. The van der Waals surface area contributed by atoms with Crippen molar-refractivity contribution in [3.63, 3.8) is 0 Å². The molecule has 2 aromatic heterocycles. The maximum absolute atomic E-state index is 11.2. The monoisotopic (exact) mass is 397 g/mol. The fourth-order valence-corrected chi connectivity index (χ4v) is 4.04. The van der Waals surface area contributed by atoms with Crippen LogP contribution in [-0.4, -0.2) is 70.8 Å². The van der Waals surface area contributed by atoms with Crippen LogP contribution >= 0.6 is 0 Å². The Hall–Kier alpha value is -2.74. The minimum atomic E-state index is -0.883. The Morgan fingerprint density at radius 2 is 2.07 bits per heavy atom. The molecule has 0 aromatic carbocycles. The van der Waals surface area contributed by atoms with Crippen molar-refractivity contribution in [2.75, 3.05) is 44.7 Å². The van der Waals surface area contributed by atoms with E-state index < -0.39 is 5.97 Å². The molecule has 1 aliphatic heterocycles. The number of aryl methyl sites for hydroxylation is 1. The lowest BCUT2D eigenvalue weighted by Gasteiger charge is -2.19. The van der Waals surface area contributed by atoms with E-state index in [4.69, 9.17) is 14.8 Å². The number of carboxylic acid groups (broad SMARTS) is 1. The molecule has 1 aliphatic carbocycles. The number of ether oxygens (including phenoxy) is 1. The summed E-state index contributed by atoms with van der Waals surface area (Å²) in [6.45, 7) is 3.77. The zero-order chi connectivity index (χ0) is 20.2. The van der Waals surface area contributed by atoms with Crippen LogP contribution in [0.4, 0.5) is 5.82 Å². The van der Waals surface area contributed by atoms with Crippen LogP contribution in [0, 0.1) is 0 Å². The van der Waals surface area contributed by atoms with Crippen LogP contribution in [0.3, 0.4) is 0 Å². The molecule has 0 amide bonds. The molecule has 8 nitrogen and oxygen atoms in total. The van der Waals surface area contributed by atoms with Gasteiger partial charge in [0.15, 0.2) is 5.82 Å². The van der Waals surface area contributed by atoms with Crippen molar-refractivity contribution >= 4 is 11.8 Å². The number of nitrogens with zero attached hydrogens (tertiary/aromatic N) is 5. The van der Waals surface area contributed by atoms with Gasteiger partial charge in [0, 0.05) is 37.1 Å². The number of pyridine rings is 1. The van der Waals surface area contributed by atoms with Gasteiger partial charge in [0.2, 0.25) is 0 Å². The van der Waals surface area contributed by atoms with E-state index in [1.165, 1.54) is 12.8 Å². The van der Waals surface area contributed by atoms with E-state index in [2.05, 4.69) is 14.9 Å². The molecule has 1 N–H and O–H groups in total. The van der Waals surface area contributed by atoms with E-state index in [0.29, 0.717) is 23.9 Å². The van der Waals surface area contributed by atoms with Crippen molar-refractivity contribution < 1.29 is 14.6 Å². The molecule has 4 rings (SSSR count). The smallest absolute Gasteiger partial charge is 0.323 e. The van der Waals surface area contributed by atoms with Crippen molar-refractivity contribution in [1.82, 2.24) is 19.9 Å². The summed E-state index contributed by atoms with van der Waals surface area (Å²) >= 11 is 0. The van der Waals surface area contributed by atoms with Gasteiger partial charge in [0.25, 0.3) is 0 Å². The highest BCUT2D eigenvalue weighted by atomic mass is 16.5. The summed E-state index contributed by atoms with van der Waals surface area (Å²) in [7, 11) is 1.75. The van der Waals surface area contributed by atoms with Crippen LogP contribution < -0.4 is 9.64 Å². The van der Waals surface area contributed by atoms with Crippen molar-refractivity contribution in [2.45, 2.75) is 32.1 Å². The van der Waals surface area contributed by atoms with Crippen LogP contribution in [0.2, 0.25) is 0 Å². The first kappa shape index (κ1) is 19.6. The minimum absolute atomic E-state index is 0.101. The molecule has 3 heterocycles. The van der Waals surface area contributed by atoms with Gasteiger partial charge in [0.05, 0.1) is 0 Å². The number of fused-ring (bicyclic) bond motifs is 1. The Morgan fingerprint density at radius 1 is 1.24 bits per heavy atom. The SMILES string of the molecule is CN(CC(=O)O)c1nc(-c2cc(OCCN3CCCC3)ccn2)nc2c1CCC2. The largest absolute Gasteiger partial charge is 0.492 e. The van der Waals surface area contributed by atoms with E-state index in [9.17, 15) is 4.79 Å². The summed E-state index contributed by atoms with van der Waals surface area (Å²) < 4.78 is 5.93. The molecule has 0 atom stereocenters. The fraction of sp³-hybridized carbons (Fsp3) is 0.524. The summed E-state index contributed by atoms with van der Waals surface area (Å²) in [6.07, 6.45) is 7.01. The number of likely N-dealkylation sites (tertiary alicyclic amines) is 1. The zero-order valence-electron chi connectivity index (χ0n) is 16.8. The zero-order valence-corrected chi connectivity index (χ0v) is 16.8. The van der Waals surface area contributed by atoms with E-state index in [1.807, 2.05) is 12.1 Å². The molecular formula is C21H27N5O3. The number of likely N-dealkylation sites (N-methyl/N-ethyl adjacent to an activating group) is 1. The van der Waals surface area contributed by atoms with E-state index in [-0.39, 0.29) is 6.54 Å². The van der Waals surface area contributed by atoms with E-state index in [0.717, 1.165) is 55.9 Å². The summed E-state index contributed by atoms with van der Waals surface area (Å²) in [4.78, 5) is 29.1. The number of carboxylic acids is 1. The molecule has 1 fully saturated rings. The lowest BCUT2D eigenvalue weighted by Crippen LogP contribution is -2.27. The maximum Gasteiger partial charge on any atom is 0.323 e. The quantitative estimate of drug-likeness (QED) is 0.723. The number of hydrogen-bond acceptors (Lipinski definition) is 7. The topological polar surface area (TPSA) is 91.7 Å². The van der Waals surface area contributed by atoms with Gasteiger partial charge in [0.1, 0.15) is 30.4 Å². The second-order valence-corrected chi connectivity index (χ2v) is 7.67. The highest BCUT2D eigenvalue weighted by Gasteiger charge is 2.23. The van der Waals surface area contributed by atoms with Crippen LogP contribution in [-0.2, 0) is 17.6 Å². The normalized spacial score (nSPS) is 16.0. The molecule has 154 valence electrons. The van der Waals surface area contributed by atoms with Gasteiger partial charge in [-0.05, 0) is 51.3 Å². The highest BCUT2D eigenvalue weighted by Crippen LogP contribution is 2.31. The van der Waals surface area contributed by atoms with Gasteiger partial charge in [-0.15, -0.1) is 0 Å². The van der Waals surface area contributed by atoms with Gasteiger partial charge in [-0.3, -0.25) is 14.7 Å². The standard InChI is InChI=1S/C21H27N5O3/c1-25(14-19(27)28)21-16-5-4-6-17(16)23-20(24-21)18-13-15(7-8-22-18)29-12-11-26-9-2-3-10-26/h7-8,13H,2-6,9-12,14H2,1H3,(H,27,28). The summed E-state index contributed by atoms with van der Waals surface area (Å²) in [6, 6.07) is 3.71. The predicted molar refractivity (Wildman–Crippen MR) is 109 cm³/mol. The Balaban J connectivity index is 1.53. The van der Waals surface area contributed by atoms with Gasteiger partial charge in [-0.2, -0.15) is 0 Å². The predicted octanol–water partition coefficient (Wildman–Crippen LogP) is 2.02. The molecule has 1 saturated heterocycles. The highest BCUT2D eigenvalue weighted by molar-refractivity contribution is 5.74. The van der Waals surface area contributed by atoms with Gasteiger partial charge < -0.3 is 14.7 Å². The number of aliphatic carboxylic acids is 1. The Labute approximate surface area is 170 Å². The Kier molecular flexibility index (Phi) is 5.89. The number of hydrogen-bond donors (Lipinski definition) is 1. The van der Waals surface area contributed by atoms with E-state index >= 15 is 0 Å². The first-order chi connectivity index (χ1) is 14.1. The molecule has 2 aliphatic rings. The average Bonchev–Trinajstić information content (AvgIpc) is 3.38. The molecule has 0 radical (unpaired) electrons. The number of aromatic nitrogens is 3. The van der Waals surface area contributed by atoms with Crippen LogP contribution in [0.1, 0.15) is 30.5 Å². The second-order valence-electron chi connectivity index (χ2n) is 7.67. The van der Waals surface area contributed by atoms with Crippen LogP contribution in [0.15, 0.2) is 18.3 Å². The Bertz CT molecular complexity index is 883. The first-order valence-corrected chi connectivity index (χ1v) is 10.2. The average molecular weight is 397 g/mol. The van der Waals surface area contributed by atoms with Crippen molar-refractivity contribution in [1.29, 1.82) is 0 Å². The lowest BCUT2D eigenvalue weighted by atomic mass is 10.2. The first-order valence-electron chi connectivity index (χ1n) is 10.2. The maximum atomic E-state index is 11.2. The van der Waals surface area contributed by atoms with Gasteiger partial charge in [-0.1, -0.05) is 0 Å². The van der Waals surface area contributed by atoms with Gasteiger partial charge >= 0.3 is 5.97 Å². The van der Waals surface area contributed by atoms with Crippen LogP contribution in [0.5, 0.6) is 5.75 Å². The van der Waals surface area contributed by atoms with Gasteiger partial charge in [-0.25, -0.2) is 9.97 Å². The minimum Gasteiger partial charge on any atom is -0.492 e. The third-order valence-corrected chi connectivity index (χ3v) is 5.48. The summed E-state index contributed by atoms with van der Waals surface area (Å²) in [5.74, 6) is 1.07. The summed E-state index contributed by atoms with van der Waals surface area (Å²) in [5.41, 5.74) is 2.68. The third kappa shape index (κ3) is 4.64. The Morgan fingerprint density at radius 3 is 2.86 bits per heavy atom. The van der Waals surface area contributed by atoms with Crippen molar-refractivity contribution in [3.8, 4) is 17.3 Å². The number of anilines is 1.